The van der Waals surface area contributed by atoms with E-state index in [-0.39, 0.29) is 23.8 Å². The van der Waals surface area contributed by atoms with Gasteiger partial charge in [0.15, 0.2) is 0 Å². The van der Waals surface area contributed by atoms with Crippen molar-refractivity contribution in [1.82, 2.24) is 14.8 Å². The first kappa shape index (κ1) is 17.1. The number of rotatable bonds is 3. The summed E-state index contributed by atoms with van der Waals surface area (Å²) < 4.78 is 13.6. The van der Waals surface area contributed by atoms with Gasteiger partial charge in [-0.1, -0.05) is 6.07 Å². The smallest absolute Gasteiger partial charge is 0.254 e. The van der Waals surface area contributed by atoms with E-state index in [2.05, 4.69) is 4.98 Å². The van der Waals surface area contributed by atoms with Crippen LogP contribution in [0.25, 0.3) is 0 Å². The van der Waals surface area contributed by atoms with E-state index in [0.717, 1.165) is 24.1 Å². The molecular formula is C19H20FN3O2S. The van der Waals surface area contributed by atoms with Gasteiger partial charge in [-0.05, 0) is 37.5 Å². The number of fused-ring (bicyclic) bond motifs is 4. The van der Waals surface area contributed by atoms with Gasteiger partial charge in [0.25, 0.3) is 5.91 Å². The SMILES string of the molecule is Cc1ccc(F)cc1C(=O)N1C[C@H]2CC[C@@H](C1)N(Cc1cscn1)C2=O. The fraction of sp³-hybridized carbons (Fsp3) is 0.421. The van der Waals surface area contributed by atoms with Gasteiger partial charge in [-0.15, -0.1) is 11.3 Å². The monoisotopic (exact) mass is 373 g/mol. The summed E-state index contributed by atoms with van der Waals surface area (Å²) in [4.78, 5) is 33.7. The Kier molecular flexibility index (Phi) is 4.48. The molecule has 0 spiro atoms. The summed E-state index contributed by atoms with van der Waals surface area (Å²) >= 11 is 1.51. The van der Waals surface area contributed by atoms with E-state index in [9.17, 15) is 14.0 Å². The number of aromatic nitrogens is 1. The lowest BCUT2D eigenvalue weighted by Gasteiger charge is -2.35. The number of nitrogens with zero attached hydrogens (tertiary/aromatic N) is 3. The van der Waals surface area contributed by atoms with Gasteiger partial charge in [-0.3, -0.25) is 9.59 Å². The van der Waals surface area contributed by atoms with E-state index in [4.69, 9.17) is 0 Å². The van der Waals surface area contributed by atoms with Gasteiger partial charge in [0, 0.05) is 30.1 Å². The van der Waals surface area contributed by atoms with E-state index in [1.807, 2.05) is 10.3 Å². The van der Waals surface area contributed by atoms with E-state index in [0.29, 0.717) is 25.2 Å². The molecule has 2 bridgehead atoms. The lowest BCUT2D eigenvalue weighted by Crippen LogP contribution is -2.47. The quantitative estimate of drug-likeness (QED) is 0.831. The number of carbonyl (C=O) groups is 2. The predicted molar refractivity (Wildman–Crippen MR) is 96.2 cm³/mol. The first-order valence-electron chi connectivity index (χ1n) is 8.76. The Balaban J connectivity index is 1.58. The number of benzene rings is 1. The molecule has 3 aliphatic rings. The zero-order valence-corrected chi connectivity index (χ0v) is 15.3. The van der Waals surface area contributed by atoms with Gasteiger partial charge in [0.1, 0.15) is 5.82 Å². The van der Waals surface area contributed by atoms with Crippen LogP contribution in [0.15, 0.2) is 29.1 Å². The number of hydrogen-bond acceptors (Lipinski definition) is 4. The summed E-state index contributed by atoms with van der Waals surface area (Å²) in [5.41, 5.74) is 3.77. The van der Waals surface area contributed by atoms with E-state index < -0.39 is 5.82 Å². The highest BCUT2D eigenvalue weighted by atomic mass is 32.1. The zero-order valence-electron chi connectivity index (χ0n) is 14.5. The summed E-state index contributed by atoms with van der Waals surface area (Å²) in [5.74, 6) is -0.703. The molecular weight excluding hydrogens is 353 g/mol. The minimum Gasteiger partial charge on any atom is -0.336 e. The minimum absolute atomic E-state index is 0.0132. The molecule has 0 unspecified atom stereocenters. The number of thiazole rings is 1. The van der Waals surface area contributed by atoms with Gasteiger partial charge < -0.3 is 9.80 Å². The van der Waals surface area contributed by atoms with E-state index in [1.165, 1.54) is 23.5 Å². The van der Waals surface area contributed by atoms with Crippen molar-refractivity contribution in [2.24, 2.45) is 5.92 Å². The number of hydrogen-bond donors (Lipinski definition) is 0. The average Bonchev–Trinajstić information content (AvgIpc) is 2.99. The van der Waals surface area contributed by atoms with Crippen molar-refractivity contribution >= 4 is 23.2 Å². The van der Waals surface area contributed by atoms with Crippen molar-refractivity contribution in [1.29, 1.82) is 0 Å². The van der Waals surface area contributed by atoms with Crippen LogP contribution in [0, 0.1) is 18.7 Å². The lowest BCUT2D eigenvalue weighted by atomic mass is 9.94. The summed E-state index contributed by atoms with van der Waals surface area (Å²) in [7, 11) is 0. The van der Waals surface area contributed by atoms with Crippen molar-refractivity contribution < 1.29 is 14.0 Å². The molecule has 26 heavy (non-hydrogen) atoms. The van der Waals surface area contributed by atoms with Crippen molar-refractivity contribution in [3.63, 3.8) is 0 Å². The number of carbonyl (C=O) groups excluding carboxylic acids is 2. The lowest BCUT2D eigenvalue weighted by molar-refractivity contribution is -0.140. The molecule has 7 heteroatoms. The highest BCUT2D eigenvalue weighted by molar-refractivity contribution is 7.07. The maximum atomic E-state index is 13.6. The third-order valence-electron chi connectivity index (χ3n) is 5.33. The maximum Gasteiger partial charge on any atom is 0.254 e. The summed E-state index contributed by atoms with van der Waals surface area (Å²) in [6, 6.07) is 4.26. The summed E-state index contributed by atoms with van der Waals surface area (Å²) in [6.45, 7) is 3.18. The van der Waals surface area contributed by atoms with Crippen LogP contribution in [0.3, 0.4) is 0 Å². The molecule has 3 saturated heterocycles. The second kappa shape index (κ2) is 6.79. The van der Waals surface area contributed by atoms with E-state index >= 15 is 0 Å². The van der Waals surface area contributed by atoms with Crippen LogP contribution in [0.2, 0.25) is 0 Å². The highest BCUT2D eigenvalue weighted by Gasteiger charge is 2.42. The Hall–Kier alpha value is -2.28. The zero-order chi connectivity index (χ0) is 18.3. The Bertz CT molecular complexity index is 839. The van der Waals surface area contributed by atoms with Gasteiger partial charge >= 0.3 is 0 Å². The van der Waals surface area contributed by atoms with Gasteiger partial charge in [0.05, 0.1) is 23.7 Å². The Morgan fingerprint density at radius 3 is 2.96 bits per heavy atom. The van der Waals surface area contributed by atoms with Crippen LogP contribution in [0.1, 0.15) is 34.5 Å². The van der Waals surface area contributed by atoms with Gasteiger partial charge in [0.2, 0.25) is 5.91 Å². The second-order valence-corrected chi connectivity index (χ2v) is 7.76. The maximum absolute atomic E-state index is 13.6. The van der Waals surface area contributed by atoms with Crippen molar-refractivity contribution in [3.8, 4) is 0 Å². The molecule has 136 valence electrons. The number of halogens is 1. The van der Waals surface area contributed by atoms with Crippen LogP contribution in [0.5, 0.6) is 0 Å². The largest absolute Gasteiger partial charge is 0.336 e. The van der Waals surface area contributed by atoms with Crippen LogP contribution in [-0.2, 0) is 11.3 Å². The Morgan fingerprint density at radius 2 is 2.19 bits per heavy atom. The molecule has 0 radical (unpaired) electrons. The molecule has 2 amide bonds. The van der Waals surface area contributed by atoms with Crippen LogP contribution >= 0.6 is 11.3 Å². The Labute approximate surface area is 155 Å². The molecule has 4 heterocycles. The predicted octanol–water partition coefficient (Wildman–Crippen LogP) is 2.85. The number of aryl methyl sites for hydroxylation is 1. The first-order valence-corrected chi connectivity index (χ1v) is 9.70. The van der Waals surface area contributed by atoms with Crippen LogP contribution < -0.4 is 0 Å². The summed E-state index contributed by atoms with van der Waals surface area (Å²) in [6.07, 6.45) is 1.68. The van der Waals surface area contributed by atoms with Crippen LogP contribution in [0.4, 0.5) is 4.39 Å². The van der Waals surface area contributed by atoms with Crippen LogP contribution in [-0.4, -0.2) is 45.7 Å². The van der Waals surface area contributed by atoms with Gasteiger partial charge in [-0.25, -0.2) is 9.37 Å². The second-order valence-electron chi connectivity index (χ2n) is 7.04. The highest BCUT2D eigenvalue weighted by Crippen LogP contribution is 2.31. The normalized spacial score (nSPS) is 22.6. The summed E-state index contributed by atoms with van der Waals surface area (Å²) in [5, 5.41) is 1.95. The third-order valence-corrected chi connectivity index (χ3v) is 5.96. The minimum atomic E-state index is -0.419. The number of amides is 2. The molecule has 5 rings (SSSR count). The van der Waals surface area contributed by atoms with Crippen molar-refractivity contribution in [2.75, 3.05) is 13.1 Å². The fourth-order valence-electron chi connectivity index (χ4n) is 3.90. The molecule has 3 aliphatic heterocycles. The van der Waals surface area contributed by atoms with Crippen molar-refractivity contribution in [2.45, 2.75) is 32.4 Å². The Morgan fingerprint density at radius 1 is 1.35 bits per heavy atom. The molecule has 0 saturated carbocycles. The molecule has 3 fully saturated rings. The number of piperidine rings is 1. The molecule has 0 N–H and O–H groups in total. The van der Waals surface area contributed by atoms with Gasteiger partial charge in [-0.2, -0.15) is 0 Å². The molecule has 2 aromatic rings. The molecule has 5 nitrogen and oxygen atoms in total. The third kappa shape index (κ3) is 3.11. The topological polar surface area (TPSA) is 53.5 Å². The average molecular weight is 373 g/mol. The first-order chi connectivity index (χ1) is 12.5. The van der Waals surface area contributed by atoms with Crippen molar-refractivity contribution in [3.05, 3.63) is 51.7 Å². The fourth-order valence-corrected chi connectivity index (χ4v) is 4.45. The molecule has 1 aromatic heterocycles. The standard InChI is InChI=1S/C19H20FN3O2S/c1-12-2-4-14(20)6-17(12)19(25)22-7-13-3-5-16(9-22)23(18(13)24)8-15-10-26-11-21-15/h2,4,6,10-11,13,16H,3,5,7-9H2,1H3/t13-,16+/m1/s1. The molecule has 0 aliphatic carbocycles. The molecule has 1 aromatic carbocycles. The van der Waals surface area contributed by atoms with E-state index in [1.54, 1.807) is 23.4 Å². The molecule has 2 atom stereocenters.